The van der Waals surface area contributed by atoms with Gasteiger partial charge in [0, 0.05) is 17.5 Å². The summed E-state index contributed by atoms with van der Waals surface area (Å²) in [5.74, 6) is 1.20. The average Bonchev–Trinajstić information content (AvgIpc) is 2.48. The zero-order valence-corrected chi connectivity index (χ0v) is 13.9. The van der Waals surface area contributed by atoms with E-state index in [0.29, 0.717) is 29.5 Å². The lowest BCUT2D eigenvalue weighted by Gasteiger charge is -2.27. The van der Waals surface area contributed by atoms with Gasteiger partial charge in [-0.2, -0.15) is 8.42 Å². The molecule has 122 valence electrons. The molecule has 0 amide bonds. The monoisotopic (exact) mass is 354 g/mol. The molecule has 1 heterocycles. The molecule has 0 saturated heterocycles. The maximum absolute atomic E-state index is 11.3. The molecule has 0 spiro atoms. The SMILES string of the molecule is Cc1ccc(S(=O)(=O)O)cc1C[C@@H]1COc2ccc(Cl)cc2O1. The molecule has 0 fully saturated rings. The Labute approximate surface area is 139 Å². The minimum Gasteiger partial charge on any atom is -0.486 e. The number of benzene rings is 2. The van der Waals surface area contributed by atoms with E-state index in [1.165, 1.54) is 12.1 Å². The Bertz CT molecular complexity index is 848. The van der Waals surface area contributed by atoms with Crippen LogP contribution in [0.25, 0.3) is 0 Å². The molecule has 1 atom stereocenters. The van der Waals surface area contributed by atoms with Crippen LogP contribution in [0.3, 0.4) is 0 Å². The summed E-state index contributed by atoms with van der Waals surface area (Å²) in [6.07, 6.45) is 0.192. The lowest BCUT2D eigenvalue weighted by atomic mass is 10.0. The maximum atomic E-state index is 11.3. The van der Waals surface area contributed by atoms with Crippen LogP contribution < -0.4 is 9.47 Å². The van der Waals surface area contributed by atoms with Crippen molar-refractivity contribution in [2.24, 2.45) is 0 Å². The average molecular weight is 355 g/mol. The molecule has 5 nitrogen and oxygen atoms in total. The summed E-state index contributed by atoms with van der Waals surface area (Å²) in [7, 11) is -4.23. The van der Waals surface area contributed by atoms with Crippen molar-refractivity contribution >= 4 is 21.7 Å². The Hall–Kier alpha value is -1.76. The van der Waals surface area contributed by atoms with E-state index in [4.69, 9.17) is 21.1 Å². The van der Waals surface area contributed by atoms with E-state index < -0.39 is 10.1 Å². The smallest absolute Gasteiger partial charge is 0.294 e. The van der Waals surface area contributed by atoms with Gasteiger partial charge in [0.25, 0.3) is 10.1 Å². The molecular weight excluding hydrogens is 340 g/mol. The number of ether oxygens (including phenoxy) is 2. The molecule has 0 aliphatic carbocycles. The molecule has 1 N–H and O–H groups in total. The van der Waals surface area contributed by atoms with Crippen molar-refractivity contribution < 1.29 is 22.4 Å². The number of rotatable bonds is 3. The molecule has 23 heavy (non-hydrogen) atoms. The number of hydrogen-bond acceptors (Lipinski definition) is 4. The molecule has 0 unspecified atom stereocenters. The first-order valence-corrected chi connectivity index (χ1v) is 8.81. The van der Waals surface area contributed by atoms with Crippen molar-refractivity contribution in [3.05, 3.63) is 52.5 Å². The highest BCUT2D eigenvalue weighted by Crippen LogP contribution is 2.34. The first-order valence-electron chi connectivity index (χ1n) is 6.99. The molecule has 0 bridgehead atoms. The van der Waals surface area contributed by atoms with Crippen molar-refractivity contribution in [2.75, 3.05) is 6.61 Å². The minimum atomic E-state index is -4.23. The van der Waals surface area contributed by atoms with Gasteiger partial charge in [-0.3, -0.25) is 4.55 Å². The van der Waals surface area contributed by atoms with Crippen molar-refractivity contribution in [1.82, 2.24) is 0 Å². The lowest BCUT2D eigenvalue weighted by molar-refractivity contribution is 0.0912. The summed E-state index contributed by atoms with van der Waals surface area (Å²) in [6.45, 7) is 2.22. The third-order valence-electron chi connectivity index (χ3n) is 3.69. The van der Waals surface area contributed by atoms with E-state index in [1.54, 1.807) is 24.3 Å². The Morgan fingerprint density at radius 2 is 2.00 bits per heavy atom. The molecule has 1 aliphatic heterocycles. The van der Waals surface area contributed by atoms with E-state index in [1.807, 2.05) is 6.92 Å². The van der Waals surface area contributed by atoms with Crippen molar-refractivity contribution in [3.63, 3.8) is 0 Å². The second-order valence-electron chi connectivity index (χ2n) is 5.41. The Balaban J connectivity index is 1.83. The highest BCUT2D eigenvalue weighted by atomic mass is 35.5. The van der Waals surface area contributed by atoms with E-state index in [0.717, 1.165) is 11.1 Å². The highest BCUT2D eigenvalue weighted by molar-refractivity contribution is 7.85. The van der Waals surface area contributed by atoms with E-state index >= 15 is 0 Å². The third kappa shape index (κ3) is 3.60. The van der Waals surface area contributed by atoms with Crippen LogP contribution in [0, 0.1) is 6.92 Å². The van der Waals surface area contributed by atoms with Gasteiger partial charge in [-0.15, -0.1) is 0 Å². The number of aryl methyl sites for hydroxylation is 1. The van der Waals surface area contributed by atoms with E-state index in [-0.39, 0.29) is 11.0 Å². The first-order chi connectivity index (χ1) is 10.8. The predicted octanol–water partition coefficient (Wildman–Crippen LogP) is 3.28. The molecular formula is C16H15ClO5S. The van der Waals surface area contributed by atoms with Crippen LogP contribution in [0.5, 0.6) is 11.5 Å². The Morgan fingerprint density at radius 1 is 1.22 bits per heavy atom. The minimum absolute atomic E-state index is 0.127. The number of fused-ring (bicyclic) bond motifs is 1. The molecule has 1 aliphatic rings. The van der Waals surface area contributed by atoms with E-state index in [2.05, 4.69) is 0 Å². The van der Waals surface area contributed by atoms with Crippen LogP contribution in [0.15, 0.2) is 41.3 Å². The molecule has 0 saturated carbocycles. The van der Waals surface area contributed by atoms with Crippen LogP contribution in [0.1, 0.15) is 11.1 Å². The summed E-state index contributed by atoms with van der Waals surface area (Å²) < 4.78 is 43.2. The second-order valence-corrected chi connectivity index (χ2v) is 7.27. The molecule has 2 aromatic rings. The molecule has 0 aromatic heterocycles. The van der Waals surface area contributed by atoms with Gasteiger partial charge in [0.1, 0.15) is 12.7 Å². The topological polar surface area (TPSA) is 72.8 Å². The van der Waals surface area contributed by atoms with Gasteiger partial charge in [-0.1, -0.05) is 17.7 Å². The quantitative estimate of drug-likeness (QED) is 0.856. The number of hydrogen-bond donors (Lipinski definition) is 1. The lowest BCUT2D eigenvalue weighted by Crippen LogP contribution is -2.31. The summed E-state index contributed by atoms with van der Waals surface area (Å²) in [5.41, 5.74) is 1.69. The summed E-state index contributed by atoms with van der Waals surface area (Å²) in [6, 6.07) is 9.66. The fourth-order valence-corrected chi connectivity index (χ4v) is 3.16. The van der Waals surface area contributed by atoms with Crippen molar-refractivity contribution in [2.45, 2.75) is 24.3 Å². The molecule has 7 heteroatoms. The fourth-order valence-electron chi connectivity index (χ4n) is 2.46. The van der Waals surface area contributed by atoms with Crippen LogP contribution in [-0.2, 0) is 16.5 Å². The molecule has 2 aromatic carbocycles. The Kier molecular flexibility index (Phi) is 4.23. The summed E-state index contributed by atoms with van der Waals surface area (Å²) in [4.78, 5) is -0.127. The van der Waals surface area contributed by atoms with Gasteiger partial charge >= 0.3 is 0 Å². The van der Waals surface area contributed by atoms with Crippen LogP contribution in [0.4, 0.5) is 0 Å². The molecule has 0 radical (unpaired) electrons. The predicted molar refractivity (Wildman–Crippen MR) is 86.1 cm³/mol. The van der Waals surface area contributed by atoms with Gasteiger partial charge in [-0.25, -0.2) is 0 Å². The van der Waals surface area contributed by atoms with Gasteiger partial charge in [0.15, 0.2) is 11.5 Å². The van der Waals surface area contributed by atoms with Crippen LogP contribution >= 0.6 is 11.6 Å². The number of halogens is 1. The third-order valence-corrected chi connectivity index (χ3v) is 4.77. The van der Waals surface area contributed by atoms with Crippen molar-refractivity contribution in [1.29, 1.82) is 0 Å². The maximum Gasteiger partial charge on any atom is 0.294 e. The molecule has 3 rings (SSSR count). The van der Waals surface area contributed by atoms with Gasteiger partial charge in [-0.05, 0) is 42.3 Å². The standard InChI is InChI=1S/C16H15ClO5S/c1-10-2-4-14(23(18,19)20)7-11(10)6-13-9-21-15-5-3-12(17)8-16(15)22-13/h2-5,7-8,13H,6,9H2,1H3,(H,18,19,20)/t13-/m1/s1. The fraction of sp³-hybridized carbons (Fsp3) is 0.250. The summed E-state index contributed by atoms with van der Waals surface area (Å²) >= 11 is 5.95. The van der Waals surface area contributed by atoms with E-state index in [9.17, 15) is 13.0 Å². The largest absolute Gasteiger partial charge is 0.486 e. The highest BCUT2D eigenvalue weighted by Gasteiger charge is 2.23. The van der Waals surface area contributed by atoms with Crippen LogP contribution in [0.2, 0.25) is 5.02 Å². The zero-order valence-electron chi connectivity index (χ0n) is 12.3. The first kappa shape index (κ1) is 16.1. The zero-order chi connectivity index (χ0) is 16.6. The van der Waals surface area contributed by atoms with Gasteiger partial charge in [0.2, 0.25) is 0 Å². The Morgan fingerprint density at radius 3 is 2.74 bits per heavy atom. The summed E-state index contributed by atoms with van der Waals surface area (Å²) in [5, 5.41) is 0.553. The van der Waals surface area contributed by atoms with Crippen molar-refractivity contribution in [3.8, 4) is 11.5 Å². The van der Waals surface area contributed by atoms with Gasteiger partial charge < -0.3 is 9.47 Å². The van der Waals surface area contributed by atoms with Gasteiger partial charge in [0.05, 0.1) is 4.90 Å². The van der Waals surface area contributed by atoms with Crippen LogP contribution in [-0.4, -0.2) is 25.7 Å². The normalized spacial score (nSPS) is 17.1. The second kappa shape index (κ2) is 6.03.